The molecule has 3 aromatic carbocycles. The van der Waals surface area contributed by atoms with Crippen molar-refractivity contribution < 1.29 is 30.9 Å². The van der Waals surface area contributed by atoms with Crippen LogP contribution in [-0.4, -0.2) is 21.3 Å². The fraction of sp³-hybridized carbons (Fsp3) is 0.0500. The number of methoxy groups -OCH3 is 1. The molecule has 0 bridgehead atoms. The van der Waals surface area contributed by atoms with Gasteiger partial charge in [0.2, 0.25) is 0 Å². The predicted molar refractivity (Wildman–Crippen MR) is 97.0 cm³/mol. The third-order valence-electron chi connectivity index (χ3n) is 3.85. The van der Waals surface area contributed by atoms with Crippen molar-refractivity contribution in [2.75, 3.05) is 7.11 Å². The Morgan fingerprint density at radius 1 is 0.893 bits per heavy atom. The van der Waals surface area contributed by atoms with Gasteiger partial charge in [-0.15, -0.1) is 0 Å². The number of hydrogen-bond acceptors (Lipinski definition) is 5. The van der Waals surface area contributed by atoms with Crippen molar-refractivity contribution in [2.24, 2.45) is 0 Å². The maximum absolute atomic E-state index is 13.4. The van der Waals surface area contributed by atoms with Crippen LogP contribution < -0.4 is 8.92 Å². The number of halogens is 2. The minimum Gasteiger partial charge on any atom is -0.497 e. The Morgan fingerprint density at radius 3 is 2.25 bits per heavy atom. The van der Waals surface area contributed by atoms with Crippen molar-refractivity contribution in [2.45, 2.75) is 4.90 Å². The van der Waals surface area contributed by atoms with Gasteiger partial charge in [0.25, 0.3) is 0 Å². The van der Waals surface area contributed by atoms with Gasteiger partial charge >= 0.3 is 10.1 Å². The molecule has 8 heteroatoms. The van der Waals surface area contributed by atoms with Crippen LogP contribution in [0.5, 0.6) is 11.5 Å². The van der Waals surface area contributed by atoms with Gasteiger partial charge in [-0.05, 0) is 30.3 Å². The first-order valence-electron chi connectivity index (χ1n) is 7.99. The Kier molecular flexibility index (Phi) is 5.41. The van der Waals surface area contributed by atoms with Crippen molar-refractivity contribution in [1.29, 1.82) is 0 Å². The lowest BCUT2D eigenvalue weighted by molar-refractivity contribution is 0.103. The van der Waals surface area contributed by atoms with Crippen LogP contribution in [0.1, 0.15) is 15.9 Å². The van der Waals surface area contributed by atoms with Crippen molar-refractivity contribution in [3.63, 3.8) is 0 Å². The normalized spacial score (nSPS) is 11.1. The van der Waals surface area contributed by atoms with Crippen LogP contribution in [0, 0.1) is 11.6 Å². The number of rotatable bonds is 6. The van der Waals surface area contributed by atoms with E-state index in [0.29, 0.717) is 17.7 Å². The molecule has 0 radical (unpaired) electrons. The summed E-state index contributed by atoms with van der Waals surface area (Å²) in [4.78, 5) is 12.2. The summed E-state index contributed by atoms with van der Waals surface area (Å²) in [5.74, 6) is -3.05. The highest BCUT2D eigenvalue weighted by Crippen LogP contribution is 2.30. The van der Waals surface area contributed by atoms with E-state index in [0.717, 1.165) is 6.07 Å². The summed E-state index contributed by atoms with van der Waals surface area (Å²) in [6.07, 6.45) is 0. The fourth-order valence-electron chi connectivity index (χ4n) is 2.43. The quantitative estimate of drug-likeness (QED) is 0.459. The standard InChI is InChI=1S/C20H14F2O5S/c1-26-14-7-9-16(20(23)13-5-3-2-4-6-13)19(11-14)27-28(24,25)15-8-10-17(21)18(22)12-15/h2-12H,1H3. The van der Waals surface area contributed by atoms with Crippen LogP contribution in [-0.2, 0) is 10.1 Å². The molecule has 0 saturated heterocycles. The zero-order valence-corrected chi connectivity index (χ0v) is 15.4. The lowest BCUT2D eigenvalue weighted by Gasteiger charge is -2.13. The summed E-state index contributed by atoms with van der Waals surface area (Å²) < 4.78 is 61.7. The number of carbonyl (C=O) groups is 1. The summed E-state index contributed by atoms with van der Waals surface area (Å²) >= 11 is 0. The second kappa shape index (κ2) is 7.77. The number of carbonyl (C=O) groups excluding carboxylic acids is 1. The minimum atomic E-state index is -4.53. The van der Waals surface area contributed by atoms with E-state index in [1.165, 1.54) is 25.3 Å². The summed E-state index contributed by atoms with van der Waals surface area (Å²) in [5, 5.41) is 0. The van der Waals surface area contributed by atoms with Gasteiger partial charge in [-0.1, -0.05) is 30.3 Å². The SMILES string of the molecule is COc1ccc(C(=O)c2ccccc2)c(OS(=O)(=O)c2ccc(F)c(F)c2)c1. The molecule has 0 unspecified atom stereocenters. The first kappa shape index (κ1) is 19.5. The smallest absolute Gasteiger partial charge is 0.339 e. The number of benzene rings is 3. The molecule has 0 atom stereocenters. The molecule has 0 heterocycles. The highest BCUT2D eigenvalue weighted by atomic mass is 32.2. The molecule has 0 aromatic heterocycles. The van der Waals surface area contributed by atoms with Crippen molar-refractivity contribution in [1.82, 2.24) is 0 Å². The van der Waals surface area contributed by atoms with Crippen molar-refractivity contribution in [3.8, 4) is 11.5 Å². The summed E-state index contributed by atoms with van der Waals surface area (Å²) in [5.41, 5.74) is 0.293. The molecule has 3 aromatic rings. The zero-order valence-electron chi connectivity index (χ0n) is 14.6. The van der Waals surface area contributed by atoms with Gasteiger partial charge in [-0.2, -0.15) is 8.42 Å². The molecule has 0 fully saturated rings. The Bertz CT molecular complexity index is 1130. The largest absolute Gasteiger partial charge is 0.497 e. The Labute approximate surface area is 160 Å². The van der Waals surface area contributed by atoms with E-state index in [2.05, 4.69) is 0 Å². The molecule has 0 saturated carbocycles. The van der Waals surface area contributed by atoms with E-state index in [9.17, 15) is 22.0 Å². The van der Waals surface area contributed by atoms with Crippen molar-refractivity contribution >= 4 is 15.9 Å². The first-order valence-corrected chi connectivity index (χ1v) is 9.40. The van der Waals surface area contributed by atoms with Gasteiger partial charge in [0.05, 0.1) is 12.7 Å². The van der Waals surface area contributed by atoms with E-state index in [-0.39, 0.29) is 17.1 Å². The molecule has 0 amide bonds. The average molecular weight is 404 g/mol. The van der Waals surface area contributed by atoms with Gasteiger partial charge in [-0.25, -0.2) is 8.78 Å². The van der Waals surface area contributed by atoms with Crippen LogP contribution >= 0.6 is 0 Å². The van der Waals surface area contributed by atoms with Crippen LogP contribution in [0.15, 0.2) is 71.6 Å². The molecule has 0 aliphatic heterocycles. The summed E-state index contributed by atoms with van der Waals surface area (Å²) in [7, 11) is -3.17. The van der Waals surface area contributed by atoms with Gasteiger partial charge in [0.1, 0.15) is 10.6 Å². The molecule has 0 N–H and O–H groups in total. The third-order valence-corrected chi connectivity index (χ3v) is 5.08. The minimum absolute atomic E-state index is 0.0295. The molecule has 144 valence electrons. The molecule has 0 spiro atoms. The number of ether oxygens (including phenoxy) is 1. The van der Waals surface area contributed by atoms with Crippen LogP contribution in [0.2, 0.25) is 0 Å². The fourth-order valence-corrected chi connectivity index (χ4v) is 3.38. The molecular weight excluding hydrogens is 390 g/mol. The Balaban J connectivity index is 2.05. The van der Waals surface area contributed by atoms with Crippen LogP contribution in [0.3, 0.4) is 0 Å². The van der Waals surface area contributed by atoms with Gasteiger partial charge < -0.3 is 8.92 Å². The topological polar surface area (TPSA) is 69.7 Å². The van der Waals surface area contributed by atoms with Gasteiger partial charge in [0, 0.05) is 11.6 Å². The third kappa shape index (κ3) is 4.01. The summed E-state index contributed by atoms with van der Waals surface area (Å²) in [6.45, 7) is 0. The maximum Gasteiger partial charge on any atom is 0.339 e. The van der Waals surface area contributed by atoms with E-state index in [4.69, 9.17) is 8.92 Å². The van der Waals surface area contributed by atoms with E-state index in [1.807, 2.05) is 0 Å². The molecule has 0 aliphatic carbocycles. The monoisotopic (exact) mass is 404 g/mol. The lowest BCUT2D eigenvalue weighted by atomic mass is 10.0. The average Bonchev–Trinajstić information content (AvgIpc) is 2.69. The number of hydrogen-bond donors (Lipinski definition) is 0. The molecular formula is C20H14F2O5S. The molecule has 5 nitrogen and oxygen atoms in total. The highest BCUT2D eigenvalue weighted by Gasteiger charge is 2.23. The molecule has 0 aliphatic rings. The van der Waals surface area contributed by atoms with E-state index >= 15 is 0 Å². The van der Waals surface area contributed by atoms with E-state index in [1.54, 1.807) is 30.3 Å². The Hall–Kier alpha value is -3.26. The summed E-state index contributed by atoms with van der Waals surface area (Å²) in [6, 6.07) is 14.3. The van der Waals surface area contributed by atoms with Gasteiger partial charge in [0.15, 0.2) is 23.2 Å². The van der Waals surface area contributed by atoms with Crippen LogP contribution in [0.4, 0.5) is 8.78 Å². The Morgan fingerprint density at radius 2 is 1.61 bits per heavy atom. The molecule has 28 heavy (non-hydrogen) atoms. The highest BCUT2D eigenvalue weighted by molar-refractivity contribution is 7.87. The van der Waals surface area contributed by atoms with Crippen molar-refractivity contribution in [3.05, 3.63) is 89.5 Å². The number of ketones is 1. The lowest BCUT2D eigenvalue weighted by Crippen LogP contribution is -2.13. The maximum atomic E-state index is 13.4. The van der Waals surface area contributed by atoms with Crippen LogP contribution in [0.25, 0.3) is 0 Å². The zero-order chi connectivity index (χ0) is 20.3. The van der Waals surface area contributed by atoms with E-state index < -0.39 is 32.4 Å². The second-order valence-corrected chi connectivity index (χ2v) is 7.22. The second-order valence-electron chi connectivity index (χ2n) is 5.67. The predicted octanol–water partition coefficient (Wildman–Crippen LogP) is 3.97. The first-order chi connectivity index (χ1) is 13.3. The molecule has 3 rings (SSSR count). The van der Waals surface area contributed by atoms with Gasteiger partial charge in [-0.3, -0.25) is 4.79 Å².